The van der Waals surface area contributed by atoms with E-state index in [1.54, 1.807) is 4.68 Å². The average molecular weight is 169 g/mol. The van der Waals surface area contributed by atoms with Gasteiger partial charge in [0.15, 0.2) is 5.82 Å². The van der Waals surface area contributed by atoms with Crippen molar-refractivity contribution in [2.24, 2.45) is 5.73 Å². The molecule has 0 aromatic carbocycles. The fourth-order valence-corrected chi connectivity index (χ4v) is 1.14. The lowest BCUT2D eigenvalue weighted by atomic mass is 10.3. The van der Waals surface area contributed by atoms with Gasteiger partial charge in [-0.3, -0.25) is 4.68 Å². The first-order valence-corrected chi connectivity index (χ1v) is 4.01. The predicted molar refractivity (Wildman–Crippen MR) is 49.2 cm³/mol. The molecule has 0 aliphatic carbocycles. The molecule has 0 spiro atoms. The van der Waals surface area contributed by atoms with Crippen molar-refractivity contribution in [3.05, 3.63) is 5.69 Å². The Morgan fingerprint density at radius 2 is 2.08 bits per heavy atom. The van der Waals surface area contributed by atoms with Crippen molar-refractivity contribution in [3.8, 4) is 0 Å². The number of nitrogens with zero attached hydrogens (tertiary/aromatic N) is 2. The smallest absolute Gasteiger partial charge is 0.169 e. The summed E-state index contributed by atoms with van der Waals surface area (Å²) in [4.78, 5) is 0. The van der Waals surface area contributed by atoms with Crippen LogP contribution in [-0.2, 0) is 13.1 Å². The maximum atomic E-state index is 5.66. The van der Waals surface area contributed by atoms with E-state index in [1.165, 1.54) is 0 Å². The lowest BCUT2D eigenvalue weighted by Gasteiger charge is -2.02. The molecule has 0 unspecified atom stereocenters. The minimum atomic E-state index is 0.379. The van der Waals surface area contributed by atoms with Crippen LogP contribution in [0.5, 0.6) is 0 Å². The van der Waals surface area contributed by atoms with E-state index in [0.717, 1.165) is 18.7 Å². The molecule has 5 heteroatoms. The molecule has 1 aromatic heterocycles. The molecule has 0 saturated heterocycles. The number of aryl methyl sites for hydroxylation is 1. The van der Waals surface area contributed by atoms with Gasteiger partial charge in [-0.15, -0.1) is 0 Å². The van der Waals surface area contributed by atoms with E-state index < -0.39 is 0 Å². The van der Waals surface area contributed by atoms with Gasteiger partial charge in [-0.05, 0) is 6.42 Å². The predicted octanol–water partition coefficient (Wildman–Crippen LogP) is -0.0838. The van der Waals surface area contributed by atoms with E-state index in [4.69, 9.17) is 17.2 Å². The summed E-state index contributed by atoms with van der Waals surface area (Å²) in [6, 6.07) is 0. The van der Waals surface area contributed by atoms with Crippen LogP contribution in [0, 0.1) is 0 Å². The highest BCUT2D eigenvalue weighted by atomic mass is 15.3. The van der Waals surface area contributed by atoms with Crippen LogP contribution >= 0.6 is 0 Å². The van der Waals surface area contributed by atoms with Crippen molar-refractivity contribution in [3.63, 3.8) is 0 Å². The molecule has 0 radical (unpaired) electrons. The van der Waals surface area contributed by atoms with Gasteiger partial charge in [0.05, 0.1) is 11.4 Å². The van der Waals surface area contributed by atoms with Gasteiger partial charge in [0.1, 0.15) is 0 Å². The quantitative estimate of drug-likeness (QED) is 0.589. The Labute approximate surface area is 71.5 Å². The average Bonchev–Trinajstić information content (AvgIpc) is 2.29. The van der Waals surface area contributed by atoms with Gasteiger partial charge < -0.3 is 17.2 Å². The second-order valence-electron chi connectivity index (χ2n) is 2.67. The van der Waals surface area contributed by atoms with Crippen molar-refractivity contribution >= 4 is 11.5 Å². The SMILES string of the molecule is CCCn1nc(N)c(N)c1CN. The Kier molecular flexibility index (Phi) is 2.54. The summed E-state index contributed by atoms with van der Waals surface area (Å²) in [7, 11) is 0. The molecule has 68 valence electrons. The van der Waals surface area contributed by atoms with Crippen LogP contribution in [0.4, 0.5) is 11.5 Å². The highest BCUT2D eigenvalue weighted by Gasteiger charge is 2.09. The zero-order valence-electron chi connectivity index (χ0n) is 7.25. The molecule has 0 atom stereocenters. The van der Waals surface area contributed by atoms with Gasteiger partial charge >= 0.3 is 0 Å². The van der Waals surface area contributed by atoms with Crippen LogP contribution in [0.1, 0.15) is 19.0 Å². The van der Waals surface area contributed by atoms with Crippen molar-refractivity contribution < 1.29 is 0 Å². The number of rotatable bonds is 3. The van der Waals surface area contributed by atoms with Gasteiger partial charge in [-0.2, -0.15) is 5.10 Å². The third-order valence-corrected chi connectivity index (χ3v) is 1.76. The first-order chi connectivity index (χ1) is 5.70. The Morgan fingerprint density at radius 3 is 2.58 bits per heavy atom. The molecule has 0 amide bonds. The van der Waals surface area contributed by atoms with Crippen molar-refractivity contribution in [1.82, 2.24) is 9.78 Å². The molecular formula is C7H15N5. The minimum Gasteiger partial charge on any atom is -0.394 e. The van der Waals surface area contributed by atoms with Crippen LogP contribution in [0.2, 0.25) is 0 Å². The largest absolute Gasteiger partial charge is 0.394 e. The summed E-state index contributed by atoms with van der Waals surface area (Å²) < 4.78 is 1.77. The molecule has 0 aliphatic rings. The molecular weight excluding hydrogens is 154 g/mol. The zero-order valence-corrected chi connectivity index (χ0v) is 7.25. The topological polar surface area (TPSA) is 95.9 Å². The molecule has 12 heavy (non-hydrogen) atoms. The van der Waals surface area contributed by atoms with E-state index in [0.29, 0.717) is 18.1 Å². The third-order valence-electron chi connectivity index (χ3n) is 1.76. The Morgan fingerprint density at radius 1 is 1.42 bits per heavy atom. The van der Waals surface area contributed by atoms with Gasteiger partial charge in [0.2, 0.25) is 0 Å². The first kappa shape index (κ1) is 8.86. The van der Waals surface area contributed by atoms with Crippen molar-refractivity contribution in [2.75, 3.05) is 11.5 Å². The lowest BCUT2D eigenvalue weighted by molar-refractivity contribution is 0.577. The lowest BCUT2D eigenvalue weighted by Crippen LogP contribution is -2.09. The molecule has 6 N–H and O–H groups in total. The molecule has 0 aliphatic heterocycles. The Balaban J connectivity index is 3.02. The maximum Gasteiger partial charge on any atom is 0.169 e. The third kappa shape index (κ3) is 1.35. The van der Waals surface area contributed by atoms with E-state index in [-0.39, 0.29) is 0 Å². The van der Waals surface area contributed by atoms with E-state index in [9.17, 15) is 0 Å². The van der Waals surface area contributed by atoms with Crippen LogP contribution in [0.15, 0.2) is 0 Å². The zero-order chi connectivity index (χ0) is 9.14. The molecule has 1 rings (SSSR count). The number of hydrogen-bond donors (Lipinski definition) is 3. The number of hydrogen-bond acceptors (Lipinski definition) is 4. The summed E-state index contributed by atoms with van der Waals surface area (Å²) in [6.45, 7) is 3.26. The highest BCUT2D eigenvalue weighted by molar-refractivity contribution is 5.61. The second kappa shape index (κ2) is 3.44. The van der Waals surface area contributed by atoms with Crippen LogP contribution < -0.4 is 17.2 Å². The molecule has 0 bridgehead atoms. The maximum absolute atomic E-state index is 5.66. The van der Waals surface area contributed by atoms with Crippen LogP contribution in [-0.4, -0.2) is 9.78 Å². The monoisotopic (exact) mass is 169 g/mol. The molecule has 5 nitrogen and oxygen atoms in total. The molecule has 1 heterocycles. The first-order valence-electron chi connectivity index (χ1n) is 4.01. The second-order valence-corrected chi connectivity index (χ2v) is 2.67. The van der Waals surface area contributed by atoms with Gasteiger partial charge in [-0.25, -0.2) is 0 Å². The number of anilines is 2. The van der Waals surface area contributed by atoms with Crippen molar-refractivity contribution in [1.29, 1.82) is 0 Å². The fraction of sp³-hybridized carbons (Fsp3) is 0.571. The van der Waals surface area contributed by atoms with Crippen LogP contribution in [0.25, 0.3) is 0 Å². The summed E-state index contributed by atoms with van der Waals surface area (Å²) in [5.41, 5.74) is 18.0. The number of aromatic nitrogens is 2. The molecule has 1 aromatic rings. The van der Waals surface area contributed by atoms with Gasteiger partial charge in [-0.1, -0.05) is 6.92 Å². The van der Waals surface area contributed by atoms with E-state index in [2.05, 4.69) is 12.0 Å². The van der Waals surface area contributed by atoms with Crippen molar-refractivity contribution in [2.45, 2.75) is 26.4 Å². The van der Waals surface area contributed by atoms with Crippen LogP contribution in [0.3, 0.4) is 0 Å². The standard InChI is InChI=1S/C7H15N5/c1-2-3-12-5(4-8)6(9)7(10)11-12/h2-4,8-9H2,1H3,(H2,10,11). The van der Waals surface area contributed by atoms with E-state index in [1.807, 2.05) is 0 Å². The number of nitrogens with two attached hydrogens (primary N) is 3. The van der Waals surface area contributed by atoms with Gasteiger partial charge in [0.25, 0.3) is 0 Å². The normalized spacial score (nSPS) is 10.5. The highest BCUT2D eigenvalue weighted by Crippen LogP contribution is 2.18. The Bertz CT molecular complexity index is 265. The molecule has 0 saturated carbocycles. The van der Waals surface area contributed by atoms with E-state index >= 15 is 0 Å². The Hall–Kier alpha value is -1.23. The summed E-state index contributed by atoms with van der Waals surface area (Å²) >= 11 is 0. The minimum absolute atomic E-state index is 0.379. The summed E-state index contributed by atoms with van der Waals surface area (Å²) in [5.74, 6) is 0.379. The number of nitrogen functional groups attached to an aromatic ring is 2. The summed E-state index contributed by atoms with van der Waals surface area (Å²) in [5, 5.41) is 4.06. The fourth-order valence-electron chi connectivity index (χ4n) is 1.14. The summed E-state index contributed by atoms with van der Waals surface area (Å²) in [6.07, 6.45) is 0.994. The molecule has 0 fully saturated rings. The van der Waals surface area contributed by atoms with Gasteiger partial charge in [0, 0.05) is 13.1 Å².